The molecule has 0 saturated heterocycles. The first-order valence-corrected chi connectivity index (χ1v) is 5.47. The molecule has 0 aromatic heterocycles. The van der Waals surface area contributed by atoms with Crippen LogP contribution in [0.4, 0.5) is 0 Å². The lowest BCUT2D eigenvalue weighted by Gasteiger charge is -2.25. The number of rotatable bonds is 8. The van der Waals surface area contributed by atoms with E-state index in [9.17, 15) is 0 Å². The molecule has 2 N–H and O–H groups in total. The molecule has 86 valence electrons. The van der Waals surface area contributed by atoms with Crippen LogP contribution in [0.15, 0.2) is 0 Å². The topological polar surface area (TPSA) is 41.5 Å². The van der Waals surface area contributed by atoms with Gasteiger partial charge in [-0.25, -0.2) is 0 Å². The van der Waals surface area contributed by atoms with Crippen LogP contribution in [-0.4, -0.2) is 37.5 Å². The van der Waals surface area contributed by atoms with E-state index in [-0.39, 0.29) is 6.61 Å². The quantitative estimate of drug-likeness (QED) is 0.626. The van der Waals surface area contributed by atoms with Crippen molar-refractivity contribution >= 4 is 0 Å². The number of nitrogens with one attached hydrogen (secondary N) is 1. The molecule has 2 atom stereocenters. The molecular weight excluding hydrogens is 178 g/mol. The van der Waals surface area contributed by atoms with Crippen LogP contribution < -0.4 is 5.32 Å². The summed E-state index contributed by atoms with van der Waals surface area (Å²) in [5.41, 5.74) is 0. The maximum absolute atomic E-state index is 8.91. The minimum absolute atomic E-state index is 0.257. The Kier molecular flexibility index (Phi) is 8.14. The monoisotopic (exact) mass is 203 g/mol. The minimum atomic E-state index is 0.257. The first-order valence-electron chi connectivity index (χ1n) is 5.47. The zero-order chi connectivity index (χ0) is 11.0. The van der Waals surface area contributed by atoms with Crippen molar-refractivity contribution in [1.82, 2.24) is 5.32 Å². The van der Waals surface area contributed by atoms with Gasteiger partial charge in [0.1, 0.15) is 0 Å². The lowest BCUT2D eigenvalue weighted by atomic mass is 10.00. The summed E-state index contributed by atoms with van der Waals surface area (Å²) in [5.74, 6) is 0.562. The molecule has 0 radical (unpaired) electrons. The molecule has 0 fully saturated rings. The van der Waals surface area contributed by atoms with Gasteiger partial charge in [-0.1, -0.05) is 13.8 Å². The van der Waals surface area contributed by atoms with Crippen molar-refractivity contribution in [2.45, 2.75) is 45.7 Å². The summed E-state index contributed by atoms with van der Waals surface area (Å²) in [4.78, 5) is 0. The molecule has 0 saturated carbocycles. The minimum Gasteiger partial charge on any atom is -0.396 e. The molecule has 0 aromatic carbocycles. The van der Waals surface area contributed by atoms with Gasteiger partial charge >= 0.3 is 0 Å². The molecule has 0 bridgehead atoms. The van der Waals surface area contributed by atoms with Gasteiger partial charge in [0.05, 0.1) is 0 Å². The van der Waals surface area contributed by atoms with E-state index in [2.05, 4.69) is 26.1 Å². The largest absolute Gasteiger partial charge is 0.396 e. The van der Waals surface area contributed by atoms with Crippen molar-refractivity contribution < 1.29 is 9.84 Å². The van der Waals surface area contributed by atoms with Crippen LogP contribution in [0, 0.1) is 5.92 Å². The van der Waals surface area contributed by atoms with Gasteiger partial charge in [0.15, 0.2) is 0 Å². The third kappa shape index (κ3) is 6.35. The van der Waals surface area contributed by atoms with Crippen LogP contribution in [0.5, 0.6) is 0 Å². The van der Waals surface area contributed by atoms with Gasteiger partial charge in [-0.15, -0.1) is 0 Å². The SMILES string of the molecule is COCCC(C)NC(CCO)C(C)C. The van der Waals surface area contributed by atoms with E-state index in [4.69, 9.17) is 9.84 Å². The second-order valence-electron chi connectivity index (χ2n) is 4.21. The van der Waals surface area contributed by atoms with Crippen LogP contribution in [0.25, 0.3) is 0 Å². The number of aliphatic hydroxyl groups excluding tert-OH is 1. The zero-order valence-corrected chi connectivity index (χ0v) is 9.92. The summed E-state index contributed by atoms with van der Waals surface area (Å²) in [5, 5.41) is 12.4. The van der Waals surface area contributed by atoms with Crippen LogP contribution in [0.2, 0.25) is 0 Å². The summed E-state index contributed by atoms with van der Waals surface area (Å²) in [6.07, 6.45) is 1.85. The van der Waals surface area contributed by atoms with Gasteiger partial charge < -0.3 is 15.2 Å². The van der Waals surface area contributed by atoms with Crippen molar-refractivity contribution in [3.8, 4) is 0 Å². The first kappa shape index (κ1) is 13.9. The fourth-order valence-electron chi connectivity index (χ4n) is 1.49. The Balaban J connectivity index is 3.77. The highest BCUT2D eigenvalue weighted by molar-refractivity contribution is 4.74. The molecule has 0 amide bonds. The van der Waals surface area contributed by atoms with E-state index in [1.165, 1.54) is 0 Å². The lowest BCUT2D eigenvalue weighted by Crippen LogP contribution is -2.41. The van der Waals surface area contributed by atoms with E-state index in [1.807, 2.05) is 0 Å². The summed E-state index contributed by atoms with van der Waals surface area (Å²) in [7, 11) is 1.72. The van der Waals surface area contributed by atoms with Crippen molar-refractivity contribution in [1.29, 1.82) is 0 Å². The zero-order valence-electron chi connectivity index (χ0n) is 9.92. The lowest BCUT2D eigenvalue weighted by molar-refractivity contribution is 0.175. The van der Waals surface area contributed by atoms with E-state index in [0.717, 1.165) is 19.4 Å². The molecule has 0 aliphatic rings. The molecule has 0 aromatic rings. The Labute approximate surface area is 87.8 Å². The Morgan fingerprint density at radius 2 is 1.86 bits per heavy atom. The van der Waals surface area contributed by atoms with E-state index in [0.29, 0.717) is 18.0 Å². The van der Waals surface area contributed by atoms with Gasteiger partial charge in [0, 0.05) is 32.4 Å². The third-order valence-corrected chi connectivity index (χ3v) is 2.50. The summed E-state index contributed by atoms with van der Waals surface area (Å²) in [6, 6.07) is 0.862. The molecule has 0 heterocycles. The average molecular weight is 203 g/mol. The summed E-state index contributed by atoms with van der Waals surface area (Å²) < 4.78 is 5.03. The van der Waals surface area contributed by atoms with Crippen molar-refractivity contribution in [2.24, 2.45) is 5.92 Å². The highest BCUT2D eigenvalue weighted by Gasteiger charge is 2.14. The predicted octanol–water partition coefficient (Wildman–Crippen LogP) is 1.41. The molecule has 0 spiro atoms. The maximum atomic E-state index is 8.91. The van der Waals surface area contributed by atoms with Crippen molar-refractivity contribution in [3.63, 3.8) is 0 Å². The van der Waals surface area contributed by atoms with Gasteiger partial charge in [-0.2, -0.15) is 0 Å². The number of hydrogen-bond donors (Lipinski definition) is 2. The van der Waals surface area contributed by atoms with E-state index < -0.39 is 0 Å². The number of ether oxygens (including phenoxy) is 1. The van der Waals surface area contributed by atoms with E-state index >= 15 is 0 Å². The number of aliphatic hydroxyl groups is 1. The van der Waals surface area contributed by atoms with Gasteiger partial charge in [-0.05, 0) is 25.7 Å². The van der Waals surface area contributed by atoms with Crippen LogP contribution >= 0.6 is 0 Å². The average Bonchev–Trinajstić information content (AvgIpc) is 2.14. The number of methoxy groups -OCH3 is 1. The fourth-order valence-corrected chi connectivity index (χ4v) is 1.49. The third-order valence-electron chi connectivity index (χ3n) is 2.50. The molecule has 3 heteroatoms. The Bertz CT molecular complexity index is 128. The first-order chi connectivity index (χ1) is 6.61. The predicted molar refractivity (Wildman–Crippen MR) is 59.4 cm³/mol. The molecule has 0 aliphatic carbocycles. The summed E-state index contributed by atoms with van der Waals surface area (Å²) in [6.45, 7) is 7.56. The highest BCUT2D eigenvalue weighted by Crippen LogP contribution is 2.07. The molecule has 0 rings (SSSR count). The number of hydrogen-bond acceptors (Lipinski definition) is 3. The van der Waals surface area contributed by atoms with Crippen LogP contribution in [0.3, 0.4) is 0 Å². The van der Waals surface area contributed by atoms with Crippen molar-refractivity contribution in [2.75, 3.05) is 20.3 Å². The van der Waals surface area contributed by atoms with E-state index in [1.54, 1.807) is 7.11 Å². The maximum Gasteiger partial charge on any atom is 0.0476 e. The normalized spacial score (nSPS) is 15.9. The Morgan fingerprint density at radius 3 is 2.29 bits per heavy atom. The Morgan fingerprint density at radius 1 is 1.21 bits per heavy atom. The molecular formula is C11H25NO2. The highest BCUT2D eigenvalue weighted by atomic mass is 16.5. The molecule has 14 heavy (non-hydrogen) atoms. The van der Waals surface area contributed by atoms with Crippen LogP contribution in [-0.2, 0) is 4.74 Å². The van der Waals surface area contributed by atoms with Gasteiger partial charge in [0.2, 0.25) is 0 Å². The molecule has 3 nitrogen and oxygen atoms in total. The molecule has 0 aliphatic heterocycles. The second-order valence-corrected chi connectivity index (χ2v) is 4.21. The van der Waals surface area contributed by atoms with Crippen molar-refractivity contribution in [3.05, 3.63) is 0 Å². The standard InChI is InChI=1S/C11H25NO2/c1-9(2)11(5-7-13)12-10(3)6-8-14-4/h9-13H,5-8H2,1-4H3. The molecule has 2 unspecified atom stereocenters. The van der Waals surface area contributed by atoms with Gasteiger partial charge in [0.25, 0.3) is 0 Å². The fraction of sp³-hybridized carbons (Fsp3) is 1.00. The Hall–Kier alpha value is -0.120. The smallest absolute Gasteiger partial charge is 0.0476 e. The van der Waals surface area contributed by atoms with Crippen LogP contribution in [0.1, 0.15) is 33.6 Å². The van der Waals surface area contributed by atoms with Gasteiger partial charge in [-0.3, -0.25) is 0 Å². The second kappa shape index (κ2) is 8.21. The summed E-state index contributed by atoms with van der Waals surface area (Å²) >= 11 is 0.